The van der Waals surface area contributed by atoms with Crippen molar-refractivity contribution in [2.24, 2.45) is 0 Å². The molecular weight excluding hydrogens is 422 g/mol. The molecule has 2 heterocycles. The monoisotopic (exact) mass is 455 g/mol. The van der Waals surface area contributed by atoms with E-state index in [1.165, 1.54) is 4.88 Å². The number of hydrogen-bond acceptors (Lipinski definition) is 5. The van der Waals surface area contributed by atoms with Crippen molar-refractivity contribution in [3.05, 3.63) is 63.6 Å². The molecule has 0 radical (unpaired) electrons. The highest BCUT2D eigenvalue weighted by Crippen LogP contribution is 2.31. The molecule has 2 aromatic heterocycles. The summed E-state index contributed by atoms with van der Waals surface area (Å²) in [6.07, 6.45) is 0. The van der Waals surface area contributed by atoms with Gasteiger partial charge in [0.2, 0.25) is 0 Å². The van der Waals surface area contributed by atoms with Crippen molar-refractivity contribution in [1.29, 1.82) is 0 Å². The third kappa shape index (κ3) is 5.72. The molecule has 0 saturated heterocycles. The maximum atomic E-state index is 13.0. The quantitative estimate of drug-likeness (QED) is 0.432. The number of amides is 1. The maximum absolute atomic E-state index is 13.0. The fraction of sp³-hybridized carbons (Fsp3) is 0.400. The first-order valence-electron chi connectivity index (χ1n) is 11.0. The first-order chi connectivity index (χ1) is 15.5. The molecule has 1 amide bonds. The smallest absolute Gasteiger partial charge is 0.257 e. The summed E-state index contributed by atoms with van der Waals surface area (Å²) < 4.78 is 13.6. The average Bonchev–Trinajstić information content (AvgIpc) is 3.41. The molecule has 1 aromatic carbocycles. The number of nitrogens with one attached hydrogen (secondary N) is 1. The Morgan fingerprint density at radius 2 is 1.91 bits per heavy atom. The summed E-state index contributed by atoms with van der Waals surface area (Å²) in [5.41, 5.74) is 3.38. The normalized spacial score (nSPS) is 11.1. The van der Waals surface area contributed by atoms with Gasteiger partial charge in [0.15, 0.2) is 11.5 Å². The Labute approximate surface area is 194 Å². The highest BCUT2D eigenvalue weighted by Gasteiger charge is 2.17. The van der Waals surface area contributed by atoms with E-state index >= 15 is 0 Å². The number of aryl methyl sites for hydroxylation is 1. The first kappa shape index (κ1) is 23.9. The minimum atomic E-state index is -0.130. The lowest BCUT2D eigenvalue weighted by molar-refractivity contribution is 0.102. The highest BCUT2D eigenvalue weighted by molar-refractivity contribution is 7.09. The van der Waals surface area contributed by atoms with Crippen molar-refractivity contribution >= 4 is 22.9 Å². The number of carbonyl (C=O) groups is 1. The predicted molar refractivity (Wildman–Crippen MR) is 132 cm³/mol. The molecule has 0 spiro atoms. The van der Waals surface area contributed by atoms with Crippen molar-refractivity contribution in [2.75, 3.05) is 38.7 Å². The van der Waals surface area contributed by atoms with E-state index in [2.05, 4.69) is 40.1 Å². The van der Waals surface area contributed by atoms with E-state index in [9.17, 15) is 4.79 Å². The minimum absolute atomic E-state index is 0.130. The molecular formula is C25H33N3O3S. The van der Waals surface area contributed by atoms with Crippen LogP contribution in [0.2, 0.25) is 0 Å². The summed E-state index contributed by atoms with van der Waals surface area (Å²) in [4.78, 5) is 16.6. The van der Waals surface area contributed by atoms with Crippen LogP contribution < -0.4 is 14.8 Å². The van der Waals surface area contributed by atoms with E-state index < -0.39 is 0 Å². The fourth-order valence-electron chi connectivity index (χ4n) is 3.72. The zero-order valence-corrected chi connectivity index (χ0v) is 20.4. The van der Waals surface area contributed by atoms with Crippen LogP contribution >= 0.6 is 11.3 Å². The second-order valence-electron chi connectivity index (χ2n) is 7.65. The Balaban J connectivity index is 1.72. The van der Waals surface area contributed by atoms with Crippen molar-refractivity contribution in [3.63, 3.8) is 0 Å². The predicted octanol–water partition coefficient (Wildman–Crippen LogP) is 5.20. The van der Waals surface area contributed by atoms with Crippen LogP contribution in [0.5, 0.6) is 11.5 Å². The van der Waals surface area contributed by atoms with Crippen LogP contribution in [0, 0.1) is 13.8 Å². The molecule has 1 N–H and O–H groups in total. The van der Waals surface area contributed by atoms with Gasteiger partial charge in [-0.15, -0.1) is 11.3 Å². The number of benzene rings is 1. The van der Waals surface area contributed by atoms with Crippen molar-refractivity contribution in [3.8, 4) is 11.5 Å². The number of rotatable bonds is 11. The van der Waals surface area contributed by atoms with E-state index in [-0.39, 0.29) is 5.91 Å². The lowest BCUT2D eigenvalue weighted by atomic mass is 10.2. The molecule has 32 heavy (non-hydrogen) atoms. The molecule has 7 heteroatoms. The number of likely N-dealkylation sites (N-methyl/N-ethyl adjacent to an activating group) is 1. The summed E-state index contributed by atoms with van der Waals surface area (Å²) in [5.74, 6) is 1.15. The van der Waals surface area contributed by atoms with Crippen molar-refractivity contribution < 1.29 is 14.3 Å². The number of thiophene rings is 1. The Hall–Kier alpha value is -2.77. The molecule has 172 valence electrons. The van der Waals surface area contributed by atoms with E-state index in [0.29, 0.717) is 29.4 Å². The summed E-state index contributed by atoms with van der Waals surface area (Å²) in [6, 6.07) is 11.6. The van der Waals surface area contributed by atoms with E-state index in [0.717, 1.165) is 37.6 Å². The lowest BCUT2D eigenvalue weighted by Crippen LogP contribution is -2.28. The number of hydrogen-bond donors (Lipinski definition) is 1. The second-order valence-corrected chi connectivity index (χ2v) is 8.68. The molecule has 0 aliphatic carbocycles. The number of carbonyl (C=O) groups excluding carboxylic acids is 1. The standard InChI is InChI=1S/C25H33N3O3S/c1-6-27(7-2)12-13-31-24-16-20(10-11-23(24)30-5)26-25(29)22-15-18(3)28(19(22)4)17-21-9-8-14-32-21/h8-11,14-16H,6-7,12-13,17H2,1-5H3,(H,26,29). The van der Waals surface area contributed by atoms with E-state index in [1.54, 1.807) is 18.4 Å². The molecule has 0 bridgehead atoms. The van der Waals surface area contributed by atoms with Crippen LogP contribution in [0.4, 0.5) is 5.69 Å². The number of methoxy groups -OCH3 is 1. The molecule has 3 aromatic rings. The molecule has 3 rings (SSSR count). The van der Waals surface area contributed by atoms with Crippen LogP contribution in [0.1, 0.15) is 40.5 Å². The summed E-state index contributed by atoms with van der Waals surface area (Å²) in [7, 11) is 1.62. The molecule has 6 nitrogen and oxygen atoms in total. The summed E-state index contributed by atoms with van der Waals surface area (Å²) in [5, 5.41) is 5.09. The first-order valence-corrected chi connectivity index (χ1v) is 11.9. The van der Waals surface area contributed by atoms with Gasteiger partial charge in [0, 0.05) is 34.6 Å². The van der Waals surface area contributed by atoms with Gasteiger partial charge in [0.05, 0.1) is 19.2 Å². The average molecular weight is 456 g/mol. The summed E-state index contributed by atoms with van der Waals surface area (Å²) in [6.45, 7) is 12.4. The largest absolute Gasteiger partial charge is 0.493 e. The van der Waals surface area contributed by atoms with Crippen LogP contribution in [0.3, 0.4) is 0 Å². The number of ether oxygens (including phenoxy) is 2. The Bertz CT molecular complexity index is 1020. The fourth-order valence-corrected chi connectivity index (χ4v) is 4.42. The molecule has 0 fully saturated rings. The molecule has 0 atom stereocenters. The van der Waals surface area contributed by atoms with Gasteiger partial charge in [0.25, 0.3) is 5.91 Å². The van der Waals surface area contributed by atoms with Crippen LogP contribution in [0.25, 0.3) is 0 Å². The van der Waals surface area contributed by atoms with Crippen molar-refractivity contribution in [1.82, 2.24) is 9.47 Å². The second kappa shape index (κ2) is 11.2. The zero-order chi connectivity index (χ0) is 23.1. The Morgan fingerprint density at radius 1 is 1.12 bits per heavy atom. The molecule has 0 unspecified atom stereocenters. The van der Waals surface area contributed by atoms with Crippen LogP contribution in [-0.2, 0) is 6.54 Å². The van der Waals surface area contributed by atoms with Gasteiger partial charge in [-0.2, -0.15) is 0 Å². The SMILES string of the molecule is CCN(CC)CCOc1cc(NC(=O)c2cc(C)n(Cc3cccs3)c2C)ccc1OC. The Morgan fingerprint density at radius 3 is 2.56 bits per heavy atom. The molecule has 0 aliphatic heterocycles. The minimum Gasteiger partial charge on any atom is -0.493 e. The van der Waals surface area contributed by atoms with E-state index in [1.807, 2.05) is 44.2 Å². The number of aromatic nitrogens is 1. The van der Waals surface area contributed by atoms with E-state index in [4.69, 9.17) is 9.47 Å². The maximum Gasteiger partial charge on any atom is 0.257 e. The topological polar surface area (TPSA) is 55.7 Å². The summed E-state index contributed by atoms with van der Waals surface area (Å²) >= 11 is 1.72. The zero-order valence-electron chi connectivity index (χ0n) is 19.6. The number of nitrogens with zero attached hydrogens (tertiary/aromatic N) is 2. The molecule has 0 saturated carbocycles. The van der Waals surface area contributed by atoms with Gasteiger partial charge in [-0.05, 0) is 56.6 Å². The third-order valence-corrected chi connectivity index (χ3v) is 6.55. The van der Waals surface area contributed by atoms with Gasteiger partial charge >= 0.3 is 0 Å². The van der Waals surface area contributed by atoms with Crippen molar-refractivity contribution in [2.45, 2.75) is 34.2 Å². The van der Waals surface area contributed by atoms with Crippen LogP contribution in [-0.4, -0.2) is 48.7 Å². The number of anilines is 1. The van der Waals surface area contributed by atoms with Crippen LogP contribution in [0.15, 0.2) is 41.8 Å². The van der Waals surface area contributed by atoms with Gasteiger partial charge < -0.3 is 24.3 Å². The Kier molecular flexibility index (Phi) is 8.36. The van der Waals surface area contributed by atoms with Gasteiger partial charge in [-0.1, -0.05) is 19.9 Å². The lowest BCUT2D eigenvalue weighted by Gasteiger charge is -2.19. The third-order valence-electron chi connectivity index (χ3n) is 5.69. The van der Waals surface area contributed by atoms with Gasteiger partial charge in [-0.25, -0.2) is 0 Å². The van der Waals surface area contributed by atoms with Gasteiger partial charge in [-0.3, -0.25) is 4.79 Å². The van der Waals surface area contributed by atoms with Gasteiger partial charge in [0.1, 0.15) is 6.61 Å². The highest BCUT2D eigenvalue weighted by atomic mass is 32.1. The molecule has 0 aliphatic rings.